The van der Waals surface area contributed by atoms with Crippen LogP contribution >= 0.6 is 0 Å². The van der Waals surface area contributed by atoms with E-state index >= 15 is 0 Å². The number of amides is 1. The normalized spacial score (nSPS) is 15.9. The van der Waals surface area contributed by atoms with Crippen molar-refractivity contribution in [1.29, 1.82) is 0 Å². The minimum atomic E-state index is -0.664. The number of hydrogen-bond acceptors (Lipinski definition) is 6. The third kappa shape index (κ3) is 4.37. The van der Waals surface area contributed by atoms with Crippen molar-refractivity contribution in [3.8, 4) is 0 Å². The number of nitro benzene ring substituents is 1. The molecule has 8 nitrogen and oxygen atoms in total. The van der Waals surface area contributed by atoms with E-state index < -0.39 is 29.2 Å². The summed E-state index contributed by atoms with van der Waals surface area (Å²) in [7, 11) is 0. The zero-order valence-corrected chi connectivity index (χ0v) is 16.8. The monoisotopic (exact) mass is 410 g/mol. The van der Waals surface area contributed by atoms with Crippen LogP contribution in [0.25, 0.3) is 0 Å². The van der Waals surface area contributed by atoms with Crippen LogP contribution in [0.5, 0.6) is 0 Å². The maximum Gasteiger partial charge on any atom is 0.311 e. The number of para-hydroxylation sites is 1. The Bertz CT molecular complexity index is 1020. The lowest BCUT2D eigenvalue weighted by Gasteiger charge is -2.19. The summed E-state index contributed by atoms with van der Waals surface area (Å²) >= 11 is 0. The van der Waals surface area contributed by atoms with Crippen LogP contribution in [0.4, 0.5) is 11.4 Å². The Kier molecular flexibility index (Phi) is 6.25. The number of ether oxygens (including phenoxy) is 1. The van der Waals surface area contributed by atoms with Crippen molar-refractivity contribution in [2.75, 3.05) is 18.1 Å². The number of carbonyl (C=O) groups excluding carboxylic acids is 3. The molecule has 156 valence electrons. The number of benzene rings is 2. The second-order valence-corrected chi connectivity index (χ2v) is 7.18. The molecule has 3 rings (SSSR count). The third-order valence-corrected chi connectivity index (χ3v) is 5.20. The second kappa shape index (κ2) is 8.86. The van der Waals surface area contributed by atoms with Gasteiger partial charge in [-0.1, -0.05) is 37.3 Å². The summed E-state index contributed by atoms with van der Waals surface area (Å²) in [6.07, 6.45) is 0.771. The average Bonchev–Trinajstić information content (AvgIpc) is 3.13. The van der Waals surface area contributed by atoms with Gasteiger partial charge in [0.1, 0.15) is 0 Å². The lowest BCUT2D eigenvalue weighted by molar-refractivity contribution is -0.385. The zero-order valence-electron chi connectivity index (χ0n) is 16.8. The van der Waals surface area contributed by atoms with Crippen LogP contribution in [0.1, 0.15) is 34.8 Å². The van der Waals surface area contributed by atoms with Gasteiger partial charge in [0.2, 0.25) is 11.7 Å². The van der Waals surface area contributed by atoms with Crippen LogP contribution < -0.4 is 4.90 Å². The van der Waals surface area contributed by atoms with Crippen molar-refractivity contribution in [1.82, 2.24) is 0 Å². The smallest absolute Gasteiger partial charge is 0.311 e. The first kappa shape index (κ1) is 21.2. The quantitative estimate of drug-likeness (QED) is 0.300. The summed E-state index contributed by atoms with van der Waals surface area (Å²) in [5, 5.41) is 11.0. The highest BCUT2D eigenvalue weighted by molar-refractivity contribution is 6.01. The molecule has 0 bridgehead atoms. The van der Waals surface area contributed by atoms with Crippen molar-refractivity contribution in [3.05, 3.63) is 69.3 Å². The van der Waals surface area contributed by atoms with Gasteiger partial charge >= 0.3 is 5.97 Å². The molecule has 1 amide bonds. The van der Waals surface area contributed by atoms with Gasteiger partial charge in [-0.2, -0.15) is 0 Å². The first-order chi connectivity index (χ1) is 14.3. The summed E-state index contributed by atoms with van der Waals surface area (Å²) in [4.78, 5) is 49.2. The Labute approximate surface area is 173 Å². The van der Waals surface area contributed by atoms with Gasteiger partial charge in [-0.05, 0) is 25.0 Å². The Morgan fingerprint density at radius 3 is 2.67 bits per heavy atom. The summed E-state index contributed by atoms with van der Waals surface area (Å²) in [5.74, 6) is -2.00. The van der Waals surface area contributed by atoms with E-state index in [9.17, 15) is 24.5 Å². The molecule has 0 N–H and O–H groups in total. The number of ketones is 1. The molecule has 0 saturated carbocycles. The fraction of sp³-hybridized carbons (Fsp3) is 0.318. The maximum absolute atomic E-state index is 12.4. The maximum atomic E-state index is 12.4. The van der Waals surface area contributed by atoms with Gasteiger partial charge in [0.25, 0.3) is 5.69 Å². The van der Waals surface area contributed by atoms with E-state index in [-0.39, 0.29) is 30.1 Å². The number of aryl methyl sites for hydroxylation is 2. The number of anilines is 1. The summed E-state index contributed by atoms with van der Waals surface area (Å²) in [6.45, 7) is 3.23. The second-order valence-electron chi connectivity index (χ2n) is 7.18. The molecule has 2 aromatic carbocycles. The minimum absolute atomic E-state index is 0.0150. The molecular formula is C22H22N2O6. The van der Waals surface area contributed by atoms with Crippen molar-refractivity contribution < 1.29 is 24.0 Å². The topological polar surface area (TPSA) is 107 Å². The van der Waals surface area contributed by atoms with Crippen molar-refractivity contribution in [2.24, 2.45) is 5.92 Å². The van der Waals surface area contributed by atoms with E-state index in [4.69, 9.17) is 4.74 Å². The first-order valence-electron chi connectivity index (χ1n) is 9.65. The molecule has 1 saturated heterocycles. The standard InChI is InChI=1S/C22H22N2O6/c1-3-15-6-4-5-7-18(15)23-12-17(11-21(23)26)22(27)30-13-20(25)16-9-8-14(2)19(10-16)24(28)29/h4-10,17H,3,11-13H2,1-2H3/t17-/m0/s1. The number of esters is 1. The molecule has 1 aliphatic rings. The number of nitrogens with zero attached hydrogens (tertiary/aromatic N) is 2. The number of Topliss-reactive ketones (excluding diaryl/α,β-unsaturated/α-hetero) is 1. The van der Waals surface area contributed by atoms with Crippen LogP contribution in [-0.4, -0.2) is 35.7 Å². The molecule has 0 aliphatic carbocycles. The van der Waals surface area contributed by atoms with Crippen molar-refractivity contribution >= 4 is 29.0 Å². The number of hydrogen-bond donors (Lipinski definition) is 0. The third-order valence-electron chi connectivity index (χ3n) is 5.20. The molecule has 1 fully saturated rings. The van der Waals surface area contributed by atoms with Gasteiger partial charge in [-0.15, -0.1) is 0 Å². The highest BCUT2D eigenvalue weighted by Crippen LogP contribution is 2.29. The van der Waals surface area contributed by atoms with Gasteiger partial charge in [0.05, 0.1) is 10.8 Å². The summed E-state index contributed by atoms with van der Waals surface area (Å²) < 4.78 is 5.12. The Morgan fingerprint density at radius 2 is 1.97 bits per heavy atom. The van der Waals surface area contributed by atoms with Gasteiger partial charge in [0, 0.05) is 35.8 Å². The average molecular weight is 410 g/mol. The Morgan fingerprint density at radius 1 is 1.23 bits per heavy atom. The van der Waals surface area contributed by atoms with Gasteiger partial charge < -0.3 is 9.64 Å². The van der Waals surface area contributed by atoms with E-state index in [2.05, 4.69) is 0 Å². The van der Waals surface area contributed by atoms with E-state index in [1.165, 1.54) is 18.2 Å². The SMILES string of the molecule is CCc1ccccc1N1C[C@@H](C(=O)OCC(=O)c2ccc(C)c([N+](=O)[O-])c2)CC1=O. The lowest BCUT2D eigenvalue weighted by atomic mass is 10.1. The van der Waals surface area contributed by atoms with E-state index in [1.807, 2.05) is 31.2 Å². The fourth-order valence-corrected chi connectivity index (χ4v) is 3.49. The van der Waals surface area contributed by atoms with Crippen LogP contribution in [0.2, 0.25) is 0 Å². The van der Waals surface area contributed by atoms with E-state index in [0.717, 1.165) is 17.7 Å². The Hall–Kier alpha value is -3.55. The molecule has 1 heterocycles. The fourth-order valence-electron chi connectivity index (χ4n) is 3.49. The number of carbonyl (C=O) groups is 3. The van der Waals surface area contributed by atoms with Crippen LogP contribution in [-0.2, 0) is 20.7 Å². The number of nitro groups is 1. The van der Waals surface area contributed by atoms with E-state index in [0.29, 0.717) is 5.56 Å². The molecule has 0 spiro atoms. The van der Waals surface area contributed by atoms with Gasteiger partial charge in [-0.3, -0.25) is 24.5 Å². The molecule has 30 heavy (non-hydrogen) atoms. The van der Waals surface area contributed by atoms with Gasteiger partial charge in [0.15, 0.2) is 6.61 Å². The molecule has 1 atom stereocenters. The molecule has 0 radical (unpaired) electrons. The van der Waals surface area contributed by atoms with Crippen LogP contribution in [0.15, 0.2) is 42.5 Å². The van der Waals surface area contributed by atoms with E-state index in [1.54, 1.807) is 11.8 Å². The minimum Gasteiger partial charge on any atom is -0.457 e. The lowest BCUT2D eigenvalue weighted by Crippen LogP contribution is -2.28. The zero-order chi connectivity index (χ0) is 21.8. The highest BCUT2D eigenvalue weighted by Gasteiger charge is 2.37. The van der Waals surface area contributed by atoms with Crippen LogP contribution in [0, 0.1) is 23.0 Å². The molecule has 0 unspecified atom stereocenters. The Balaban J connectivity index is 1.63. The number of rotatable bonds is 7. The van der Waals surface area contributed by atoms with Crippen molar-refractivity contribution in [3.63, 3.8) is 0 Å². The first-order valence-corrected chi connectivity index (χ1v) is 9.65. The highest BCUT2D eigenvalue weighted by atomic mass is 16.6. The molecule has 8 heteroatoms. The molecule has 2 aromatic rings. The molecular weight excluding hydrogens is 388 g/mol. The molecule has 0 aromatic heterocycles. The summed E-state index contributed by atoms with van der Waals surface area (Å²) in [6, 6.07) is 11.6. The molecule has 1 aliphatic heterocycles. The van der Waals surface area contributed by atoms with Crippen molar-refractivity contribution in [2.45, 2.75) is 26.7 Å². The largest absolute Gasteiger partial charge is 0.457 e. The van der Waals surface area contributed by atoms with Gasteiger partial charge in [-0.25, -0.2) is 0 Å². The predicted molar refractivity (Wildman–Crippen MR) is 109 cm³/mol. The summed E-state index contributed by atoms with van der Waals surface area (Å²) in [5.41, 5.74) is 2.16. The van der Waals surface area contributed by atoms with Crippen LogP contribution in [0.3, 0.4) is 0 Å². The predicted octanol–water partition coefficient (Wildman–Crippen LogP) is 3.24.